The first-order valence-corrected chi connectivity index (χ1v) is 12.3. The van der Waals surface area contributed by atoms with Crippen molar-refractivity contribution in [1.29, 1.82) is 0 Å². The van der Waals surface area contributed by atoms with Crippen molar-refractivity contribution in [3.05, 3.63) is 30.0 Å². The van der Waals surface area contributed by atoms with Crippen LogP contribution < -0.4 is 5.32 Å². The van der Waals surface area contributed by atoms with Crippen LogP contribution in [0.3, 0.4) is 0 Å². The van der Waals surface area contributed by atoms with Gasteiger partial charge in [-0.2, -0.15) is 5.10 Å². The maximum absolute atomic E-state index is 13.3. The second-order valence-electron chi connectivity index (χ2n) is 11.3. The molecule has 0 spiro atoms. The fourth-order valence-corrected chi connectivity index (χ4v) is 4.41. The number of carbonyl (C=O) groups is 2. The highest BCUT2D eigenvalue weighted by Gasteiger charge is 2.36. The van der Waals surface area contributed by atoms with Gasteiger partial charge in [-0.15, -0.1) is 0 Å². The summed E-state index contributed by atoms with van der Waals surface area (Å²) < 4.78 is 7.53. The van der Waals surface area contributed by atoms with Crippen LogP contribution in [-0.4, -0.2) is 61.6 Å². The first-order valence-electron chi connectivity index (χ1n) is 12.3. The predicted octanol–water partition coefficient (Wildman–Crippen LogP) is 4.67. The number of aromatic nitrogens is 2. The maximum Gasteiger partial charge on any atom is 0.410 e. The van der Waals surface area contributed by atoms with Crippen LogP contribution in [0.2, 0.25) is 0 Å². The van der Waals surface area contributed by atoms with E-state index in [1.807, 2.05) is 63.6 Å². The maximum atomic E-state index is 13.3. The van der Waals surface area contributed by atoms with Crippen LogP contribution in [0.25, 0.3) is 10.9 Å². The topological polar surface area (TPSA) is 96.7 Å². The number of amides is 2. The molecular weight excluding hydrogens is 432 g/mol. The van der Waals surface area contributed by atoms with Crippen LogP contribution in [0, 0.1) is 0 Å². The van der Waals surface area contributed by atoms with E-state index in [1.54, 1.807) is 18.7 Å². The monoisotopic (exact) mass is 472 g/mol. The molecule has 188 valence electrons. The van der Waals surface area contributed by atoms with Crippen molar-refractivity contribution >= 4 is 22.9 Å². The highest BCUT2D eigenvalue weighted by atomic mass is 16.6. The Morgan fingerprint density at radius 2 is 1.85 bits per heavy atom. The number of piperidine rings is 1. The van der Waals surface area contributed by atoms with Crippen LogP contribution in [-0.2, 0) is 4.74 Å². The van der Waals surface area contributed by atoms with Crippen LogP contribution in [0.5, 0.6) is 0 Å². The molecule has 2 atom stereocenters. The molecule has 0 aliphatic carbocycles. The summed E-state index contributed by atoms with van der Waals surface area (Å²) in [6.07, 6.45) is 2.33. The molecule has 0 radical (unpaired) electrons. The lowest BCUT2D eigenvalue weighted by Gasteiger charge is -2.41. The minimum absolute atomic E-state index is 0.0459. The van der Waals surface area contributed by atoms with Gasteiger partial charge in [-0.3, -0.25) is 9.48 Å². The van der Waals surface area contributed by atoms with E-state index in [4.69, 9.17) is 4.74 Å². The van der Waals surface area contributed by atoms with Gasteiger partial charge in [0.2, 0.25) is 0 Å². The van der Waals surface area contributed by atoms with Gasteiger partial charge in [0, 0.05) is 30.1 Å². The minimum atomic E-state index is -0.805. The number of hydrogen-bond donors (Lipinski definition) is 2. The molecule has 2 N–H and O–H groups in total. The molecule has 1 aromatic carbocycles. The van der Waals surface area contributed by atoms with E-state index in [9.17, 15) is 14.7 Å². The Hall–Kier alpha value is -2.61. The van der Waals surface area contributed by atoms with Crippen molar-refractivity contribution in [2.75, 3.05) is 6.54 Å². The molecule has 0 unspecified atom stereocenters. The summed E-state index contributed by atoms with van der Waals surface area (Å²) in [4.78, 5) is 28.0. The van der Waals surface area contributed by atoms with Crippen molar-refractivity contribution in [3.63, 3.8) is 0 Å². The highest BCUT2D eigenvalue weighted by molar-refractivity contribution is 6.05. The third-order valence-electron chi connectivity index (χ3n) is 6.08. The number of rotatable bonds is 6. The molecule has 2 amide bonds. The fraction of sp³-hybridized carbons (Fsp3) is 0.654. The van der Waals surface area contributed by atoms with Gasteiger partial charge >= 0.3 is 6.09 Å². The zero-order chi connectivity index (χ0) is 25.3. The van der Waals surface area contributed by atoms with Gasteiger partial charge in [0.05, 0.1) is 11.1 Å². The van der Waals surface area contributed by atoms with Crippen molar-refractivity contribution in [2.24, 2.45) is 0 Å². The van der Waals surface area contributed by atoms with Crippen molar-refractivity contribution in [3.8, 4) is 0 Å². The van der Waals surface area contributed by atoms with E-state index in [0.29, 0.717) is 25.1 Å². The minimum Gasteiger partial charge on any atom is -0.444 e. The fourth-order valence-electron chi connectivity index (χ4n) is 4.41. The van der Waals surface area contributed by atoms with Crippen LogP contribution in [0.1, 0.15) is 90.7 Å². The van der Waals surface area contributed by atoms with E-state index >= 15 is 0 Å². The number of benzene rings is 1. The summed E-state index contributed by atoms with van der Waals surface area (Å²) in [5, 5.41) is 18.7. The Morgan fingerprint density at radius 1 is 1.18 bits per heavy atom. The molecule has 2 aromatic rings. The Bertz CT molecular complexity index is 1020. The number of nitrogens with zero attached hydrogens (tertiary/aromatic N) is 3. The van der Waals surface area contributed by atoms with Gasteiger partial charge in [0.1, 0.15) is 5.60 Å². The molecule has 3 rings (SSSR count). The Morgan fingerprint density at radius 3 is 2.47 bits per heavy atom. The van der Waals surface area contributed by atoms with Crippen molar-refractivity contribution < 1.29 is 19.4 Å². The average molecular weight is 473 g/mol. The van der Waals surface area contributed by atoms with E-state index in [0.717, 1.165) is 23.7 Å². The summed E-state index contributed by atoms with van der Waals surface area (Å²) in [5.41, 5.74) is -0.0944. The number of carbonyl (C=O) groups excluding carboxylic acids is 2. The number of hydrogen-bond acceptors (Lipinski definition) is 5. The standard InChI is InChI=1S/C26H40N4O4/c1-17(2)30-21-11-9-8-10-20(21)22(28-30)23(31)27-18-12-13-19(14-15-26(6,7)33)29(16-18)24(32)34-25(3,4)5/h8-11,17-19,33H,12-16H2,1-7H3,(H,27,31)/t18-,19-/m0/s1. The van der Waals surface area contributed by atoms with E-state index in [-0.39, 0.29) is 30.1 Å². The molecule has 8 nitrogen and oxygen atoms in total. The van der Waals surface area contributed by atoms with Crippen LogP contribution >= 0.6 is 0 Å². The average Bonchev–Trinajstić information content (AvgIpc) is 3.11. The molecule has 0 bridgehead atoms. The van der Waals surface area contributed by atoms with Gasteiger partial charge in [0.15, 0.2) is 5.69 Å². The van der Waals surface area contributed by atoms with Crippen molar-refractivity contribution in [1.82, 2.24) is 20.0 Å². The molecular formula is C26H40N4O4. The van der Waals surface area contributed by atoms with E-state index < -0.39 is 11.2 Å². The van der Waals surface area contributed by atoms with Crippen molar-refractivity contribution in [2.45, 2.75) is 103 Å². The third-order valence-corrected chi connectivity index (χ3v) is 6.08. The van der Waals surface area contributed by atoms with Gasteiger partial charge in [-0.25, -0.2) is 4.79 Å². The van der Waals surface area contributed by atoms with E-state index in [2.05, 4.69) is 10.4 Å². The van der Waals surface area contributed by atoms with Gasteiger partial charge in [0.25, 0.3) is 5.91 Å². The third kappa shape index (κ3) is 6.50. The predicted molar refractivity (Wildman–Crippen MR) is 133 cm³/mol. The van der Waals surface area contributed by atoms with Gasteiger partial charge in [-0.1, -0.05) is 18.2 Å². The molecule has 1 aromatic heterocycles. The first-order chi connectivity index (χ1) is 15.7. The molecule has 1 saturated heterocycles. The largest absolute Gasteiger partial charge is 0.444 e. The second kappa shape index (κ2) is 9.94. The Kier molecular flexibility index (Phi) is 7.60. The summed E-state index contributed by atoms with van der Waals surface area (Å²) in [5.74, 6) is -0.236. The quantitative estimate of drug-likeness (QED) is 0.637. The molecule has 0 saturated carbocycles. The lowest BCUT2D eigenvalue weighted by molar-refractivity contribution is -0.00129. The Labute approximate surface area is 202 Å². The van der Waals surface area contributed by atoms with Gasteiger partial charge in [-0.05, 0) is 80.2 Å². The molecule has 1 aliphatic heterocycles. The van der Waals surface area contributed by atoms with Gasteiger partial charge < -0.3 is 20.1 Å². The number of aliphatic hydroxyl groups is 1. The normalized spacial score (nSPS) is 19.5. The number of para-hydroxylation sites is 1. The molecule has 34 heavy (non-hydrogen) atoms. The number of ether oxygens (including phenoxy) is 1. The smallest absolute Gasteiger partial charge is 0.410 e. The van der Waals surface area contributed by atoms with E-state index in [1.165, 1.54) is 0 Å². The number of nitrogens with one attached hydrogen (secondary N) is 1. The zero-order valence-corrected chi connectivity index (χ0v) is 21.6. The summed E-state index contributed by atoms with van der Waals surface area (Å²) in [7, 11) is 0. The lowest BCUT2D eigenvalue weighted by atomic mass is 9.91. The Balaban J connectivity index is 1.77. The number of likely N-dealkylation sites (tertiary alicyclic amines) is 1. The SMILES string of the molecule is CC(C)n1nc(C(=O)N[C@H]2CC[C@@H](CCC(C)(C)O)N(C(=O)OC(C)(C)C)C2)c2ccccc21. The molecule has 1 aliphatic rings. The summed E-state index contributed by atoms with van der Waals surface area (Å²) in [6, 6.07) is 7.60. The number of fused-ring (bicyclic) bond motifs is 1. The first kappa shape index (κ1) is 26.0. The summed E-state index contributed by atoms with van der Waals surface area (Å²) >= 11 is 0. The van der Waals surface area contributed by atoms with Crippen LogP contribution in [0.4, 0.5) is 4.79 Å². The lowest BCUT2D eigenvalue weighted by Crippen LogP contribution is -2.55. The molecule has 2 heterocycles. The molecule has 1 fully saturated rings. The van der Waals surface area contributed by atoms with Crippen LogP contribution in [0.15, 0.2) is 24.3 Å². The molecule has 8 heteroatoms. The summed E-state index contributed by atoms with van der Waals surface area (Å²) in [6.45, 7) is 13.5. The zero-order valence-electron chi connectivity index (χ0n) is 21.6. The second-order valence-corrected chi connectivity index (χ2v) is 11.3. The highest BCUT2D eigenvalue weighted by Crippen LogP contribution is 2.27.